The number of fused-ring (bicyclic) bond motifs is 1. The van der Waals surface area contributed by atoms with Gasteiger partial charge in [-0.25, -0.2) is 4.39 Å². The molecule has 0 atom stereocenters. The highest BCUT2D eigenvalue weighted by Gasteiger charge is 2.54. The lowest BCUT2D eigenvalue weighted by atomic mass is 9.85. The summed E-state index contributed by atoms with van der Waals surface area (Å²) in [6.45, 7) is 1.41. The van der Waals surface area contributed by atoms with Crippen molar-refractivity contribution in [1.82, 2.24) is 15.1 Å². The maximum atomic E-state index is 13.9. The fourth-order valence-electron chi connectivity index (χ4n) is 5.66. The van der Waals surface area contributed by atoms with Crippen molar-refractivity contribution in [1.29, 1.82) is 0 Å². The fraction of sp³-hybridized carbons (Fsp3) is 0.300. The summed E-state index contributed by atoms with van der Waals surface area (Å²) in [5, 5.41) is 2.90. The first-order chi connectivity index (χ1) is 19.4. The molecule has 1 spiro atoms. The Morgan fingerprint density at radius 2 is 1.65 bits per heavy atom. The number of likely N-dealkylation sites (tertiary alicyclic amines) is 1. The standard InChI is InChI=1S/C30H29FN4O5/c31-23-9-7-22(8-10-23)28(37)33-14-12-30(13-15-33)29(38)34(19-35(30)24-4-2-1-3-5-24)18-27(36)32-17-21-6-11-25-26(16-21)40-20-39-25/h1-11,16H,12-15,17-20H2,(H,32,36). The average molecular weight is 545 g/mol. The number of piperidine rings is 1. The Labute approximate surface area is 231 Å². The van der Waals surface area contributed by atoms with E-state index in [0.29, 0.717) is 49.5 Å². The topological polar surface area (TPSA) is 91.4 Å². The largest absolute Gasteiger partial charge is 0.454 e. The van der Waals surface area contributed by atoms with Gasteiger partial charge in [0.2, 0.25) is 12.7 Å². The molecule has 2 fully saturated rings. The molecule has 1 N–H and O–H groups in total. The van der Waals surface area contributed by atoms with Crippen LogP contribution in [0.5, 0.6) is 11.5 Å². The average Bonchev–Trinajstić information content (AvgIpc) is 3.55. The molecule has 6 rings (SSSR count). The van der Waals surface area contributed by atoms with Crippen molar-refractivity contribution >= 4 is 23.4 Å². The molecule has 0 aliphatic carbocycles. The van der Waals surface area contributed by atoms with Crippen LogP contribution in [0.3, 0.4) is 0 Å². The molecule has 3 amide bonds. The van der Waals surface area contributed by atoms with Gasteiger partial charge in [0.1, 0.15) is 17.9 Å². The zero-order valence-electron chi connectivity index (χ0n) is 21.8. The number of hydrogen-bond donors (Lipinski definition) is 1. The third-order valence-corrected chi connectivity index (χ3v) is 7.81. The number of amides is 3. The minimum absolute atomic E-state index is 0.0767. The quantitative estimate of drug-likeness (QED) is 0.513. The number of rotatable bonds is 6. The number of ether oxygens (including phenoxy) is 2. The summed E-state index contributed by atoms with van der Waals surface area (Å²) >= 11 is 0. The minimum atomic E-state index is -0.863. The molecule has 0 bridgehead atoms. The highest BCUT2D eigenvalue weighted by atomic mass is 19.1. The Morgan fingerprint density at radius 1 is 0.925 bits per heavy atom. The molecule has 3 heterocycles. The van der Waals surface area contributed by atoms with Crippen molar-refractivity contribution in [2.24, 2.45) is 0 Å². The predicted octanol–water partition coefficient (Wildman–Crippen LogP) is 3.15. The van der Waals surface area contributed by atoms with Crippen LogP contribution in [0.15, 0.2) is 72.8 Å². The summed E-state index contributed by atoms with van der Waals surface area (Å²) in [5.41, 5.74) is 1.30. The first kappa shape index (κ1) is 25.7. The second-order valence-corrected chi connectivity index (χ2v) is 10.2. The van der Waals surface area contributed by atoms with Gasteiger partial charge in [-0.3, -0.25) is 14.4 Å². The van der Waals surface area contributed by atoms with Crippen molar-refractivity contribution in [3.8, 4) is 11.5 Å². The van der Waals surface area contributed by atoms with Gasteiger partial charge in [0, 0.05) is 30.9 Å². The molecular weight excluding hydrogens is 515 g/mol. The Hall–Kier alpha value is -4.60. The molecule has 0 radical (unpaired) electrons. The monoisotopic (exact) mass is 544 g/mol. The van der Waals surface area contributed by atoms with Crippen LogP contribution >= 0.6 is 0 Å². The number of hydrogen-bond acceptors (Lipinski definition) is 6. The molecule has 10 heteroatoms. The minimum Gasteiger partial charge on any atom is -0.454 e. The molecule has 40 heavy (non-hydrogen) atoms. The van der Waals surface area contributed by atoms with Crippen LogP contribution in [0.25, 0.3) is 0 Å². The van der Waals surface area contributed by atoms with E-state index in [2.05, 4.69) is 10.2 Å². The second kappa shape index (κ2) is 10.5. The first-order valence-electron chi connectivity index (χ1n) is 13.3. The van der Waals surface area contributed by atoms with Gasteiger partial charge in [-0.2, -0.15) is 0 Å². The van der Waals surface area contributed by atoms with Crippen LogP contribution in [-0.2, 0) is 16.1 Å². The van der Waals surface area contributed by atoms with Gasteiger partial charge in [0.05, 0.1) is 6.67 Å². The number of carbonyl (C=O) groups excluding carboxylic acids is 3. The van der Waals surface area contributed by atoms with Crippen molar-refractivity contribution in [2.45, 2.75) is 24.9 Å². The van der Waals surface area contributed by atoms with E-state index in [1.807, 2.05) is 48.5 Å². The summed E-state index contributed by atoms with van der Waals surface area (Å²) in [4.78, 5) is 45.2. The normalized spacial score (nSPS) is 17.4. The number of benzene rings is 3. The zero-order chi connectivity index (χ0) is 27.7. The Balaban J connectivity index is 1.14. The lowest BCUT2D eigenvalue weighted by Crippen LogP contribution is -2.57. The van der Waals surface area contributed by atoms with E-state index in [1.54, 1.807) is 9.80 Å². The maximum Gasteiger partial charge on any atom is 0.253 e. The molecule has 2 saturated heterocycles. The van der Waals surface area contributed by atoms with Crippen LogP contribution in [0.4, 0.5) is 10.1 Å². The zero-order valence-corrected chi connectivity index (χ0v) is 21.8. The smallest absolute Gasteiger partial charge is 0.253 e. The summed E-state index contributed by atoms with van der Waals surface area (Å²) in [6, 6.07) is 20.6. The number of nitrogens with zero attached hydrogens (tertiary/aromatic N) is 3. The third-order valence-electron chi connectivity index (χ3n) is 7.81. The maximum absolute atomic E-state index is 13.9. The molecule has 3 aromatic rings. The second-order valence-electron chi connectivity index (χ2n) is 10.2. The molecule has 0 unspecified atom stereocenters. The van der Waals surface area contributed by atoms with Gasteiger partial charge in [0.15, 0.2) is 11.5 Å². The van der Waals surface area contributed by atoms with Gasteiger partial charge >= 0.3 is 0 Å². The van der Waals surface area contributed by atoms with Gasteiger partial charge in [-0.1, -0.05) is 24.3 Å². The van der Waals surface area contributed by atoms with E-state index >= 15 is 0 Å². The molecule has 9 nitrogen and oxygen atoms in total. The van der Waals surface area contributed by atoms with Crippen LogP contribution in [-0.4, -0.2) is 66.2 Å². The van der Waals surface area contributed by atoms with Crippen LogP contribution in [0.2, 0.25) is 0 Å². The first-order valence-corrected chi connectivity index (χ1v) is 13.3. The number of nitrogens with one attached hydrogen (secondary N) is 1. The SMILES string of the molecule is O=C(CN1CN(c2ccccc2)C2(CCN(C(=O)c3ccc(F)cc3)CC2)C1=O)NCc1ccc2c(c1)OCO2. The summed E-state index contributed by atoms with van der Waals surface area (Å²) in [5.74, 6) is 0.347. The summed E-state index contributed by atoms with van der Waals surface area (Å²) in [6.07, 6.45) is 0.839. The lowest BCUT2D eigenvalue weighted by molar-refractivity contribution is -0.137. The number of anilines is 1. The molecule has 3 aliphatic rings. The van der Waals surface area contributed by atoms with Gasteiger partial charge in [-0.15, -0.1) is 0 Å². The van der Waals surface area contributed by atoms with Crippen LogP contribution < -0.4 is 19.7 Å². The molecule has 3 aromatic carbocycles. The lowest BCUT2D eigenvalue weighted by Gasteiger charge is -2.43. The van der Waals surface area contributed by atoms with Crippen LogP contribution in [0, 0.1) is 5.82 Å². The van der Waals surface area contributed by atoms with E-state index in [9.17, 15) is 18.8 Å². The van der Waals surface area contributed by atoms with Crippen molar-refractivity contribution in [3.05, 3.63) is 89.7 Å². The Morgan fingerprint density at radius 3 is 2.40 bits per heavy atom. The molecular formula is C30H29FN4O5. The highest BCUT2D eigenvalue weighted by molar-refractivity contribution is 5.97. The van der Waals surface area contributed by atoms with E-state index in [4.69, 9.17) is 9.47 Å². The van der Waals surface area contributed by atoms with Crippen molar-refractivity contribution in [2.75, 3.05) is 38.0 Å². The van der Waals surface area contributed by atoms with Crippen molar-refractivity contribution < 1.29 is 28.2 Å². The Kier molecular flexibility index (Phi) is 6.75. The van der Waals surface area contributed by atoms with E-state index < -0.39 is 11.4 Å². The molecule has 0 saturated carbocycles. The molecule has 3 aliphatic heterocycles. The fourth-order valence-corrected chi connectivity index (χ4v) is 5.66. The Bertz CT molecular complexity index is 1420. The number of halogens is 1. The van der Waals surface area contributed by atoms with Gasteiger partial charge in [0.25, 0.3) is 11.8 Å². The molecule has 206 valence electrons. The molecule has 0 aromatic heterocycles. The number of carbonyl (C=O) groups is 3. The van der Waals surface area contributed by atoms with Crippen LogP contribution in [0.1, 0.15) is 28.8 Å². The number of para-hydroxylation sites is 1. The van der Waals surface area contributed by atoms with E-state index in [-0.39, 0.29) is 37.7 Å². The predicted molar refractivity (Wildman–Crippen MR) is 144 cm³/mol. The summed E-state index contributed by atoms with van der Waals surface area (Å²) in [7, 11) is 0. The highest BCUT2D eigenvalue weighted by Crippen LogP contribution is 2.39. The van der Waals surface area contributed by atoms with Gasteiger partial charge < -0.3 is 29.5 Å². The third kappa shape index (κ3) is 4.81. The summed E-state index contributed by atoms with van der Waals surface area (Å²) < 4.78 is 24.1. The van der Waals surface area contributed by atoms with Gasteiger partial charge in [-0.05, 0) is 66.9 Å². The van der Waals surface area contributed by atoms with E-state index in [1.165, 1.54) is 24.3 Å². The van der Waals surface area contributed by atoms with E-state index in [0.717, 1.165) is 11.3 Å². The van der Waals surface area contributed by atoms with Crippen molar-refractivity contribution in [3.63, 3.8) is 0 Å².